The number of rotatable bonds is 1. The minimum atomic E-state index is 0.527. The maximum atomic E-state index is 5.67. The summed E-state index contributed by atoms with van der Waals surface area (Å²) in [6, 6.07) is 4.28. The Hall–Kier alpha value is -0.610. The molecular formula is C10H11BrN2S. The fourth-order valence-corrected chi connectivity index (χ4v) is 2.87. The molecule has 0 aliphatic heterocycles. The van der Waals surface area contributed by atoms with Gasteiger partial charge < -0.3 is 5.73 Å². The minimum Gasteiger partial charge on any atom is -0.375 e. The number of hydrogen-bond donors (Lipinski definition) is 1. The number of nitrogens with two attached hydrogens (primary N) is 1. The van der Waals surface area contributed by atoms with Crippen molar-refractivity contribution >= 4 is 42.6 Å². The molecule has 0 aliphatic carbocycles. The lowest BCUT2D eigenvalue weighted by Crippen LogP contribution is -1.87. The van der Waals surface area contributed by atoms with Crippen LogP contribution < -0.4 is 5.73 Å². The van der Waals surface area contributed by atoms with Gasteiger partial charge >= 0.3 is 0 Å². The molecule has 0 atom stereocenters. The molecule has 0 bridgehead atoms. The molecular weight excluding hydrogens is 260 g/mol. The van der Waals surface area contributed by atoms with E-state index in [1.54, 1.807) is 0 Å². The summed E-state index contributed by atoms with van der Waals surface area (Å²) < 4.78 is 2.19. The summed E-state index contributed by atoms with van der Waals surface area (Å²) in [5.74, 6) is 0.527. The Morgan fingerprint density at radius 3 is 2.79 bits per heavy atom. The number of benzene rings is 1. The van der Waals surface area contributed by atoms with Gasteiger partial charge in [0.15, 0.2) is 5.13 Å². The van der Waals surface area contributed by atoms with Crippen molar-refractivity contribution in [3.8, 4) is 0 Å². The molecule has 2 rings (SSSR count). The van der Waals surface area contributed by atoms with Gasteiger partial charge in [-0.2, -0.15) is 0 Å². The molecule has 74 valence electrons. The first-order valence-corrected chi connectivity index (χ1v) is 6.04. The van der Waals surface area contributed by atoms with E-state index in [9.17, 15) is 0 Å². The summed E-state index contributed by atoms with van der Waals surface area (Å²) in [5.41, 5.74) is 7.95. The summed E-state index contributed by atoms with van der Waals surface area (Å²) in [7, 11) is 0. The first-order valence-electron chi connectivity index (χ1n) is 4.43. The lowest BCUT2D eigenvalue weighted by atomic mass is 10.0. The monoisotopic (exact) mass is 270 g/mol. The molecule has 0 spiro atoms. The van der Waals surface area contributed by atoms with Crippen molar-refractivity contribution in [3.05, 3.63) is 22.2 Å². The highest BCUT2D eigenvalue weighted by atomic mass is 79.9. The molecule has 0 saturated heterocycles. The summed E-state index contributed by atoms with van der Waals surface area (Å²) in [5, 5.41) is 0.626. The molecule has 2 aromatic rings. The first-order chi connectivity index (χ1) is 6.58. The lowest BCUT2D eigenvalue weighted by Gasteiger charge is -2.05. The van der Waals surface area contributed by atoms with Gasteiger partial charge in [0.1, 0.15) is 0 Å². The maximum absolute atomic E-state index is 5.67. The number of nitrogen functional groups attached to an aromatic ring is 1. The van der Waals surface area contributed by atoms with Crippen molar-refractivity contribution in [1.29, 1.82) is 0 Å². The number of aromatic nitrogens is 1. The van der Waals surface area contributed by atoms with Crippen LogP contribution >= 0.6 is 27.3 Å². The van der Waals surface area contributed by atoms with Gasteiger partial charge in [0.2, 0.25) is 0 Å². The molecule has 14 heavy (non-hydrogen) atoms. The van der Waals surface area contributed by atoms with Gasteiger partial charge in [0, 0.05) is 4.47 Å². The summed E-state index contributed by atoms with van der Waals surface area (Å²) in [4.78, 5) is 4.26. The molecule has 1 aromatic carbocycles. The Balaban J connectivity index is 2.71. The van der Waals surface area contributed by atoms with E-state index in [-0.39, 0.29) is 0 Å². The number of fused-ring (bicyclic) bond motifs is 1. The van der Waals surface area contributed by atoms with E-state index in [4.69, 9.17) is 5.73 Å². The van der Waals surface area contributed by atoms with Crippen LogP contribution in [0.5, 0.6) is 0 Å². The number of anilines is 1. The van der Waals surface area contributed by atoms with Crippen LogP contribution in [0.1, 0.15) is 25.3 Å². The van der Waals surface area contributed by atoms with Gasteiger partial charge in [-0.3, -0.25) is 0 Å². The maximum Gasteiger partial charge on any atom is 0.181 e. The topological polar surface area (TPSA) is 38.9 Å². The molecule has 1 heterocycles. The average molecular weight is 271 g/mol. The lowest BCUT2D eigenvalue weighted by molar-refractivity contribution is 0.868. The second-order valence-electron chi connectivity index (χ2n) is 3.56. The number of nitrogens with zero attached hydrogens (tertiary/aromatic N) is 1. The van der Waals surface area contributed by atoms with Crippen LogP contribution in [-0.2, 0) is 0 Å². The molecule has 1 aromatic heterocycles. The van der Waals surface area contributed by atoms with Crippen molar-refractivity contribution < 1.29 is 0 Å². The van der Waals surface area contributed by atoms with Gasteiger partial charge in [-0.1, -0.05) is 25.2 Å². The second kappa shape index (κ2) is 3.51. The standard InChI is InChI=1S/C10H11BrN2S/c1-5(2)6-3-7(11)9-8(4-6)14-10(12)13-9/h3-5H,1-2H3,(H2,12,13). The van der Waals surface area contributed by atoms with Crippen LogP contribution in [-0.4, -0.2) is 4.98 Å². The molecule has 4 heteroatoms. The zero-order valence-corrected chi connectivity index (χ0v) is 10.4. The smallest absolute Gasteiger partial charge is 0.181 e. The molecule has 0 radical (unpaired) electrons. The highest BCUT2D eigenvalue weighted by molar-refractivity contribution is 9.10. The molecule has 2 N–H and O–H groups in total. The van der Waals surface area contributed by atoms with Crippen LogP contribution in [0.2, 0.25) is 0 Å². The number of thiazole rings is 1. The summed E-state index contributed by atoms with van der Waals surface area (Å²) in [6.07, 6.45) is 0. The molecule has 2 nitrogen and oxygen atoms in total. The Labute approximate surface area is 95.3 Å². The third kappa shape index (κ3) is 1.64. The summed E-state index contributed by atoms with van der Waals surface area (Å²) >= 11 is 5.05. The van der Waals surface area contributed by atoms with E-state index in [0.717, 1.165) is 14.7 Å². The quantitative estimate of drug-likeness (QED) is 0.857. The highest BCUT2D eigenvalue weighted by Crippen LogP contribution is 2.33. The van der Waals surface area contributed by atoms with Crippen molar-refractivity contribution in [2.75, 3.05) is 5.73 Å². The van der Waals surface area contributed by atoms with E-state index in [1.165, 1.54) is 16.9 Å². The fraction of sp³-hybridized carbons (Fsp3) is 0.300. The predicted molar refractivity (Wildman–Crippen MR) is 65.8 cm³/mol. The van der Waals surface area contributed by atoms with Crippen molar-refractivity contribution in [2.45, 2.75) is 19.8 Å². The fourth-order valence-electron chi connectivity index (χ4n) is 1.36. The largest absolute Gasteiger partial charge is 0.375 e. The highest BCUT2D eigenvalue weighted by Gasteiger charge is 2.08. The molecule has 0 aliphatic rings. The van der Waals surface area contributed by atoms with E-state index < -0.39 is 0 Å². The van der Waals surface area contributed by atoms with Crippen LogP contribution in [0.25, 0.3) is 10.2 Å². The van der Waals surface area contributed by atoms with E-state index >= 15 is 0 Å². The zero-order chi connectivity index (χ0) is 10.3. The molecule has 0 fully saturated rings. The Morgan fingerprint density at radius 2 is 2.14 bits per heavy atom. The molecule has 0 unspecified atom stereocenters. The third-order valence-corrected chi connectivity index (χ3v) is 3.59. The van der Waals surface area contributed by atoms with Crippen LogP contribution in [0.4, 0.5) is 5.13 Å². The predicted octanol–water partition coefficient (Wildman–Crippen LogP) is 3.76. The zero-order valence-electron chi connectivity index (χ0n) is 8.04. The van der Waals surface area contributed by atoms with Crippen LogP contribution in [0.3, 0.4) is 0 Å². The number of hydrogen-bond acceptors (Lipinski definition) is 3. The van der Waals surface area contributed by atoms with Crippen molar-refractivity contribution in [1.82, 2.24) is 4.98 Å². The minimum absolute atomic E-state index is 0.527. The van der Waals surface area contributed by atoms with Crippen LogP contribution in [0, 0.1) is 0 Å². The van der Waals surface area contributed by atoms with Gasteiger partial charge in [-0.05, 0) is 39.5 Å². The Kier molecular flexibility index (Phi) is 2.49. The van der Waals surface area contributed by atoms with Gasteiger partial charge in [0.05, 0.1) is 10.2 Å². The number of halogens is 1. The van der Waals surface area contributed by atoms with Crippen LogP contribution in [0.15, 0.2) is 16.6 Å². The van der Waals surface area contributed by atoms with Gasteiger partial charge in [0.25, 0.3) is 0 Å². The van der Waals surface area contributed by atoms with E-state index in [0.29, 0.717) is 11.0 Å². The normalized spacial score (nSPS) is 11.4. The first kappa shape index (κ1) is 9.93. The molecule has 0 amide bonds. The second-order valence-corrected chi connectivity index (χ2v) is 5.47. The van der Waals surface area contributed by atoms with E-state index in [1.807, 2.05) is 0 Å². The van der Waals surface area contributed by atoms with Crippen molar-refractivity contribution in [3.63, 3.8) is 0 Å². The van der Waals surface area contributed by atoms with Crippen molar-refractivity contribution in [2.24, 2.45) is 0 Å². The summed E-state index contributed by atoms with van der Waals surface area (Å²) in [6.45, 7) is 4.36. The third-order valence-electron chi connectivity index (χ3n) is 2.15. The molecule has 0 saturated carbocycles. The SMILES string of the molecule is CC(C)c1cc(Br)c2nc(N)sc2c1. The van der Waals surface area contributed by atoms with E-state index in [2.05, 4.69) is 46.9 Å². The Morgan fingerprint density at radius 1 is 1.43 bits per heavy atom. The Bertz CT molecular complexity index is 476. The van der Waals surface area contributed by atoms with Gasteiger partial charge in [-0.15, -0.1) is 0 Å². The van der Waals surface area contributed by atoms with Gasteiger partial charge in [-0.25, -0.2) is 4.98 Å². The average Bonchev–Trinajstić information content (AvgIpc) is 2.45.